The van der Waals surface area contributed by atoms with Crippen LogP contribution in [-0.2, 0) is 51.7 Å². The summed E-state index contributed by atoms with van der Waals surface area (Å²) in [5, 5.41) is 5.75. The van der Waals surface area contributed by atoms with E-state index in [1.54, 1.807) is 27.0 Å². The standard InChI is InChI=1S/C59H63N5O9/c1-7-46(65)16-10-13-19-56(67)60-37(4)52(66)23-36(3)57(68)61-43-25-38(33-72-53-31-51-48(22-35(53)2)59(70)64-45(32-62(51)5)28-42-15-9-12-18-50(42)64)24-39(26-43)34-73-55-29-40-20-21-44-27-41-14-8-11-17-49(41)63(44)58(69)47(40)30-54(55)71-6/h8-9,11-12,14-15,17-18,22,24-26,29-31,36-37,44-45H,7,10,13,16,19-21,23,27-28,33-34H2,1-6H3,(H,60,67)(H,61,68)/t36-,37-,44+,45-/m0/s1. The number of anilines is 3. The highest BCUT2D eigenvalue weighted by Crippen LogP contribution is 2.42. The molecule has 0 spiro atoms. The van der Waals surface area contributed by atoms with Crippen molar-refractivity contribution < 1.29 is 47.6 Å². The topological polar surface area (TPSA) is 164 Å². The number of nitrogens with one attached hydrogen (secondary N) is 2. The van der Waals surface area contributed by atoms with Crippen LogP contribution in [0.2, 0.25) is 0 Å². The molecule has 4 heterocycles. The Bertz CT molecular complexity index is 3050. The molecule has 0 fully saturated rings. The third-order valence-electron chi connectivity index (χ3n) is 14.5. The number of ketones is 2. The van der Waals surface area contributed by atoms with Gasteiger partial charge in [0.05, 0.1) is 18.8 Å². The molecule has 4 amide bonds. The predicted octanol–water partition coefficient (Wildman–Crippen LogP) is 9.06. The second-order valence-electron chi connectivity index (χ2n) is 19.8. The predicted molar refractivity (Wildman–Crippen MR) is 279 cm³/mol. The molecule has 4 aliphatic rings. The lowest BCUT2D eigenvalue weighted by Gasteiger charge is -2.23. The smallest absolute Gasteiger partial charge is 0.258 e. The van der Waals surface area contributed by atoms with E-state index in [0.29, 0.717) is 89.4 Å². The molecular weight excluding hydrogens is 923 g/mol. The van der Waals surface area contributed by atoms with E-state index in [1.807, 2.05) is 114 Å². The Hall–Kier alpha value is -7.61. The molecule has 5 aromatic carbocycles. The number of ether oxygens (including phenoxy) is 3. The molecule has 5 aromatic rings. The number of nitrogens with zero attached hydrogens (tertiary/aromatic N) is 3. The molecule has 0 saturated heterocycles. The van der Waals surface area contributed by atoms with Gasteiger partial charge in [0, 0.05) is 78.1 Å². The molecule has 0 aromatic heterocycles. The summed E-state index contributed by atoms with van der Waals surface area (Å²) < 4.78 is 20.8. The molecule has 0 aliphatic carbocycles. The second kappa shape index (κ2) is 21.6. The van der Waals surface area contributed by atoms with Crippen molar-refractivity contribution in [3.63, 3.8) is 0 Å². The number of rotatable bonds is 19. The number of para-hydroxylation sites is 2. The monoisotopic (exact) mass is 985 g/mol. The minimum absolute atomic E-state index is 0.0614. The third-order valence-corrected chi connectivity index (χ3v) is 14.5. The van der Waals surface area contributed by atoms with Crippen molar-refractivity contribution in [2.24, 2.45) is 5.92 Å². The van der Waals surface area contributed by atoms with Crippen LogP contribution < -0.4 is 34.6 Å². The summed E-state index contributed by atoms with van der Waals surface area (Å²) in [6.45, 7) is 7.16. The largest absolute Gasteiger partial charge is 0.493 e. The van der Waals surface area contributed by atoms with E-state index in [4.69, 9.17) is 14.2 Å². The van der Waals surface area contributed by atoms with Crippen LogP contribution in [0.15, 0.2) is 91.0 Å². The first kappa shape index (κ1) is 50.3. The Morgan fingerprint density at radius 1 is 0.767 bits per heavy atom. The molecule has 0 bridgehead atoms. The van der Waals surface area contributed by atoms with Crippen molar-refractivity contribution in [1.82, 2.24) is 5.32 Å². The molecule has 4 aliphatic heterocycles. The zero-order chi connectivity index (χ0) is 51.5. The van der Waals surface area contributed by atoms with E-state index in [1.165, 1.54) is 5.56 Å². The zero-order valence-corrected chi connectivity index (χ0v) is 42.5. The van der Waals surface area contributed by atoms with Crippen molar-refractivity contribution in [1.29, 1.82) is 0 Å². The van der Waals surface area contributed by atoms with Crippen LogP contribution in [0.4, 0.5) is 22.7 Å². The van der Waals surface area contributed by atoms with Crippen LogP contribution in [0.1, 0.15) is 120 Å². The first-order valence-corrected chi connectivity index (χ1v) is 25.4. The van der Waals surface area contributed by atoms with Crippen LogP contribution in [0.25, 0.3) is 0 Å². The van der Waals surface area contributed by atoms with Crippen molar-refractivity contribution >= 4 is 64.2 Å². The number of unbranched alkanes of at least 4 members (excludes halogenated alkanes) is 1. The summed E-state index contributed by atoms with van der Waals surface area (Å²) in [7, 11) is 3.44. The maximum absolute atomic E-state index is 14.2. The van der Waals surface area contributed by atoms with Gasteiger partial charge in [-0.3, -0.25) is 28.8 Å². The molecule has 9 rings (SSSR count). The van der Waals surface area contributed by atoms with E-state index in [0.717, 1.165) is 40.9 Å². The van der Waals surface area contributed by atoms with Gasteiger partial charge >= 0.3 is 0 Å². The second-order valence-corrected chi connectivity index (χ2v) is 19.8. The Balaban J connectivity index is 0.931. The summed E-state index contributed by atoms with van der Waals surface area (Å²) in [5.41, 5.74) is 9.44. The number of hydrogen-bond donors (Lipinski definition) is 2. The zero-order valence-electron chi connectivity index (χ0n) is 42.5. The lowest BCUT2D eigenvalue weighted by molar-refractivity contribution is -0.401. The number of carbonyl (C=O) groups excluding carboxylic acids is 6. The molecule has 14 heteroatoms. The summed E-state index contributed by atoms with van der Waals surface area (Å²) in [4.78, 5) is 83.4. The van der Waals surface area contributed by atoms with Crippen molar-refractivity contribution in [3.05, 3.63) is 136 Å². The first-order chi connectivity index (χ1) is 35.2. The summed E-state index contributed by atoms with van der Waals surface area (Å²) in [5.74, 6) is -0.218. The number of methoxy groups -OCH3 is 1. The Morgan fingerprint density at radius 3 is 2.14 bits per heavy atom. The maximum Gasteiger partial charge on any atom is 0.258 e. The number of benzene rings is 5. The van der Waals surface area contributed by atoms with Crippen LogP contribution in [-0.4, -0.2) is 78.3 Å². The van der Waals surface area contributed by atoms with Crippen molar-refractivity contribution in [3.8, 4) is 17.2 Å². The van der Waals surface area contributed by atoms with Gasteiger partial charge in [-0.2, -0.15) is 0 Å². The lowest BCUT2D eigenvalue weighted by Crippen LogP contribution is -2.39. The maximum atomic E-state index is 14.2. The molecule has 2 N–H and O–H groups in total. The van der Waals surface area contributed by atoms with Gasteiger partial charge in [0.1, 0.15) is 31.8 Å². The van der Waals surface area contributed by atoms with E-state index in [-0.39, 0.29) is 73.3 Å². The van der Waals surface area contributed by atoms with Crippen LogP contribution in [0.5, 0.6) is 17.2 Å². The molecule has 0 radical (unpaired) electrons. The molecule has 4 atom stereocenters. The lowest BCUT2D eigenvalue weighted by atomic mass is 9.99. The van der Waals surface area contributed by atoms with Crippen molar-refractivity contribution in [2.45, 2.75) is 123 Å². The molecule has 14 nitrogen and oxygen atoms in total. The van der Waals surface area contributed by atoms with E-state index in [9.17, 15) is 28.8 Å². The first-order valence-electron chi connectivity index (χ1n) is 25.4. The van der Waals surface area contributed by atoms with E-state index in [2.05, 4.69) is 22.9 Å². The minimum atomic E-state index is -0.792. The number of amides is 4. The quantitative estimate of drug-likeness (QED) is 0.0467. The SMILES string of the molecule is CCC(=O)CCCCC(=O)N[C@@H](C)C(=O)C[C@H](C)C(=O)Nc1cc(COc2cc3c(cc2C)C(=O)N2c4ccccc4C[C@H]2[C-]=[N+]3C)cc(COc2cc3c(cc2OC)C(=O)N2c4ccccc4C[C@H]2CC3)c1. The fraction of sp³-hybridized carbons (Fsp3) is 0.373. The molecular formula is C59H63N5O9. The number of fused-ring (bicyclic) bond motifs is 8. The molecule has 73 heavy (non-hydrogen) atoms. The van der Waals surface area contributed by atoms with Gasteiger partial charge in [-0.1, -0.05) is 56.3 Å². The average molecular weight is 986 g/mol. The normalized spacial score (nSPS) is 17.0. The Kier molecular flexibility index (Phi) is 14.9. The van der Waals surface area contributed by atoms with Gasteiger partial charge in [-0.05, 0) is 134 Å². The summed E-state index contributed by atoms with van der Waals surface area (Å²) >= 11 is 0. The van der Waals surface area contributed by atoms with Gasteiger partial charge < -0.3 is 39.2 Å². The van der Waals surface area contributed by atoms with Gasteiger partial charge in [0.25, 0.3) is 5.91 Å². The van der Waals surface area contributed by atoms with Gasteiger partial charge in [-0.15, -0.1) is 0 Å². The number of aryl methyl sites for hydroxylation is 2. The Labute approximate surface area is 426 Å². The molecule has 0 saturated carbocycles. The highest BCUT2D eigenvalue weighted by atomic mass is 16.5. The Morgan fingerprint density at radius 2 is 1.42 bits per heavy atom. The van der Waals surface area contributed by atoms with Gasteiger partial charge in [0.2, 0.25) is 17.7 Å². The van der Waals surface area contributed by atoms with Crippen LogP contribution in [0, 0.1) is 12.8 Å². The highest BCUT2D eigenvalue weighted by molar-refractivity contribution is 6.13. The molecule has 378 valence electrons. The van der Waals surface area contributed by atoms with Gasteiger partial charge in [0.15, 0.2) is 17.3 Å². The highest BCUT2D eigenvalue weighted by Gasteiger charge is 2.38. The summed E-state index contributed by atoms with van der Waals surface area (Å²) in [6.07, 6.45) is 8.63. The van der Waals surface area contributed by atoms with E-state index >= 15 is 0 Å². The third kappa shape index (κ3) is 10.8. The van der Waals surface area contributed by atoms with Crippen LogP contribution >= 0.6 is 0 Å². The van der Waals surface area contributed by atoms with E-state index < -0.39 is 12.0 Å². The fourth-order valence-corrected chi connectivity index (χ4v) is 10.5. The average Bonchev–Trinajstić information content (AvgIpc) is 3.88. The number of Topliss-reactive ketones (excluding diaryl/α,β-unsaturated/α-hetero) is 2. The van der Waals surface area contributed by atoms with Gasteiger partial charge in [-0.25, -0.2) is 0 Å². The number of hydrogen-bond acceptors (Lipinski definition) is 9. The fourth-order valence-electron chi connectivity index (χ4n) is 10.5. The summed E-state index contributed by atoms with van der Waals surface area (Å²) in [6, 6.07) is 28.0. The number of carbonyl (C=O) groups is 6. The van der Waals surface area contributed by atoms with Crippen molar-refractivity contribution in [2.75, 3.05) is 29.3 Å². The molecule has 0 unspecified atom stereocenters. The van der Waals surface area contributed by atoms with Crippen LogP contribution in [0.3, 0.4) is 0 Å². The minimum Gasteiger partial charge on any atom is -0.493 e.